The minimum atomic E-state index is 0.264. The van der Waals surface area contributed by atoms with E-state index in [4.69, 9.17) is 18.9 Å². The molecule has 0 aromatic heterocycles. The van der Waals surface area contributed by atoms with Crippen molar-refractivity contribution < 1.29 is 18.9 Å². The standard InChI is InChI=1S/C25H28O4/c1-17-25(29-17)16-28-23-12-8-21(9-13-23)19-4-2-18(3-5-19)20-6-10-22(11-7-20)26-14-24-15-27-24/h4,6-13,17-18,24-25H,2-3,5,14-16H2,1H3. The van der Waals surface area contributed by atoms with Crippen molar-refractivity contribution in [3.8, 4) is 11.5 Å². The molecule has 5 rings (SSSR count). The SMILES string of the molecule is CC1OC1COc1ccc(C2=CCC(c3ccc(OCC4CO4)cc3)CC2)cc1. The molecule has 2 aromatic carbocycles. The van der Waals surface area contributed by atoms with Crippen LogP contribution in [0.1, 0.15) is 43.2 Å². The lowest BCUT2D eigenvalue weighted by Gasteiger charge is -2.23. The first-order valence-corrected chi connectivity index (χ1v) is 10.7. The molecule has 2 aliphatic heterocycles. The summed E-state index contributed by atoms with van der Waals surface area (Å²) in [6.07, 6.45) is 6.68. The van der Waals surface area contributed by atoms with Crippen LogP contribution in [0.25, 0.3) is 5.57 Å². The molecule has 4 heteroatoms. The van der Waals surface area contributed by atoms with Gasteiger partial charge < -0.3 is 18.9 Å². The lowest BCUT2D eigenvalue weighted by molar-refractivity contribution is 0.261. The summed E-state index contributed by atoms with van der Waals surface area (Å²) in [6, 6.07) is 17.1. The summed E-state index contributed by atoms with van der Waals surface area (Å²) in [4.78, 5) is 0. The third kappa shape index (κ3) is 4.82. The van der Waals surface area contributed by atoms with Gasteiger partial charge in [0, 0.05) is 0 Å². The Labute approximate surface area is 172 Å². The molecule has 4 unspecified atom stereocenters. The Balaban J connectivity index is 1.14. The Kier molecular flexibility index (Phi) is 5.30. The predicted molar refractivity (Wildman–Crippen MR) is 113 cm³/mol. The van der Waals surface area contributed by atoms with E-state index in [2.05, 4.69) is 61.5 Å². The second-order valence-electron chi connectivity index (χ2n) is 8.25. The van der Waals surface area contributed by atoms with E-state index in [0.29, 0.717) is 31.3 Å². The molecular weight excluding hydrogens is 364 g/mol. The van der Waals surface area contributed by atoms with E-state index < -0.39 is 0 Å². The highest BCUT2D eigenvalue weighted by Gasteiger charge is 2.34. The van der Waals surface area contributed by atoms with Crippen LogP contribution in [0.2, 0.25) is 0 Å². The molecule has 2 heterocycles. The highest BCUT2D eigenvalue weighted by molar-refractivity contribution is 5.67. The average Bonchev–Trinajstić information content (AvgIpc) is 3.70. The third-order valence-electron chi connectivity index (χ3n) is 6.08. The van der Waals surface area contributed by atoms with Gasteiger partial charge in [0.1, 0.15) is 36.9 Å². The van der Waals surface area contributed by atoms with Gasteiger partial charge in [-0.05, 0) is 73.1 Å². The Morgan fingerprint density at radius 3 is 2.17 bits per heavy atom. The van der Waals surface area contributed by atoms with Crippen molar-refractivity contribution in [2.45, 2.75) is 50.4 Å². The maximum Gasteiger partial charge on any atom is 0.119 e. The van der Waals surface area contributed by atoms with E-state index >= 15 is 0 Å². The number of allylic oxidation sites excluding steroid dienone is 2. The zero-order chi connectivity index (χ0) is 19.6. The van der Waals surface area contributed by atoms with Crippen molar-refractivity contribution in [3.05, 3.63) is 65.7 Å². The largest absolute Gasteiger partial charge is 0.491 e. The number of epoxide rings is 2. The zero-order valence-electron chi connectivity index (χ0n) is 16.9. The molecule has 1 aliphatic carbocycles. The van der Waals surface area contributed by atoms with Crippen LogP contribution in [-0.2, 0) is 9.47 Å². The molecule has 4 atom stereocenters. The van der Waals surface area contributed by atoms with E-state index in [1.807, 2.05) is 0 Å². The third-order valence-corrected chi connectivity index (χ3v) is 6.08. The fourth-order valence-corrected chi connectivity index (χ4v) is 3.94. The fourth-order valence-electron chi connectivity index (χ4n) is 3.94. The minimum absolute atomic E-state index is 0.264. The molecule has 29 heavy (non-hydrogen) atoms. The summed E-state index contributed by atoms with van der Waals surface area (Å²) in [7, 11) is 0. The molecule has 0 N–H and O–H groups in total. The van der Waals surface area contributed by atoms with E-state index in [0.717, 1.165) is 30.9 Å². The van der Waals surface area contributed by atoms with Crippen molar-refractivity contribution in [3.63, 3.8) is 0 Å². The van der Waals surface area contributed by atoms with Gasteiger partial charge in [-0.1, -0.05) is 30.3 Å². The van der Waals surface area contributed by atoms with Gasteiger partial charge in [0.25, 0.3) is 0 Å². The lowest BCUT2D eigenvalue weighted by Crippen LogP contribution is -2.06. The average molecular weight is 392 g/mol. The molecule has 4 nitrogen and oxygen atoms in total. The molecule has 0 spiro atoms. The van der Waals surface area contributed by atoms with Crippen LogP contribution in [0.15, 0.2) is 54.6 Å². The predicted octanol–water partition coefficient (Wildman–Crippen LogP) is 4.98. The van der Waals surface area contributed by atoms with Crippen molar-refractivity contribution in [2.24, 2.45) is 0 Å². The van der Waals surface area contributed by atoms with Crippen LogP contribution in [0.3, 0.4) is 0 Å². The van der Waals surface area contributed by atoms with Gasteiger partial charge in [-0.15, -0.1) is 0 Å². The van der Waals surface area contributed by atoms with Crippen molar-refractivity contribution in [2.75, 3.05) is 19.8 Å². The highest BCUT2D eigenvalue weighted by Crippen LogP contribution is 2.37. The molecule has 0 amide bonds. The maximum absolute atomic E-state index is 5.80. The highest BCUT2D eigenvalue weighted by atomic mass is 16.6. The van der Waals surface area contributed by atoms with Gasteiger partial charge in [0.05, 0.1) is 12.7 Å². The Hall–Kier alpha value is -2.30. The van der Waals surface area contributed by atoms with Gasteiger partial charge in [-0.2, -0.15) is 0 Å². The first-order valence-electron chi connectivity index (χ1n) is 10.7. The Morgan fingerprint density at radius 2 is 1.59 bits per heavy atom. The summed E-state index contributed by atoms with van der Waals surface area (Å²) in [5.74, 6) is 2.44. The molecule has 0 radical (unpaired) electrons. The summed E-state index contributed by atoms with van der Waals surface area (Å²) >= 11 is 0. The van der Waals surface area contributed by atoms with E-state index in [-0.39, 0.29) is 6.10 Å². The molecule has 0 bridgehead atoms. The molecule has 2 saturated heterocycles. The van der Waals surface area contributed by atoms with Crippen molar-refractivity contribution in [1.29, 1.82) is 0 Å². The van der Waals surface area contributed by atoms with E-state index in [1.54, 1.807) is 0 Å². The van der Waals surface area contributed by atoms with Gasteiger partial charge in [-0.3, -0.25) is 0 Å². The molecular formula is C25H28O4. The van der Waals surface area contributed by atoms with Crippen molar-refractivity contribution >= 4 is 5.57 Å². The molecule has 0 saturated carbocycles. The summed E-state index contributed by atoms with van der Waals surface area (Å²) in [5, 5.41) is 0. The zero-order valence-corrected chi connectivity index (χ0v) is 16.9. The molecule has 152 valence electrons. The summed E-state index contributed by atoms with van der Waals surface area (Å²) in [5.41, 5.74) is 4.14. The first kappa shape index (κ1) is 18.7. The number of ether oxygens (including phenoxy) is 4. The van der Waals surface area contributed by atoms with Crippen LogP contribution in [0.5, 0.6) is 11.5 Å². The van der Waals surface area contributed by atoms with E-state index in [1.165, 1.54) is 23.1 Å². The molecule has 2 fully saturated rings. The van der Waals surface area contributed by atoms with E-state index in [9.17, 15) is 0 Å². The van der Waals surface area contributed by atoms with Gasteiger partial charge in [0.15, 0.2) is 0 Å². The molecule has 2 aromatic rings. The minimum Gasteiger partial charge on any atom is -0.491 e. The normalized spacial score (nSPS) is 27.8. The van der Waals surface area contributed by atoms with Crippen LogP contribution in [-0.4, -0.2) is 38.1 Å². The quantitative estimate of drug-likeness (QED) is 0.594. The number of benzene rings is 2. The topological polar surface area (TPSA) is 43.5 Å². The number of rotatable bonds is 8. The van der Waals surface area contributed by atoms with Crippen LogP contribution in [0.4, 0.5) is 0 Å². The smallest absolute Gasteiger partial charge is 0.119 e. The van der Waals surface area contributed by atoms with Gasteiger partial charge in [0.2, 0.25) is 0 Å². The second-order valence-corrected chi connectivity index (χ2v) is 8.25. The van der Waals surface area contributed by atoms with Crippen LogP contribution >= 0.6 is 0 Å². The summed E-state index contributed by atoms with van der Waals surface area (Å²) < 4.78 is 22.1. The summed E-state index contributed by atoms with van der Waals surface area (Å²) in [6.45, 7) is 4.21. The first-order chi connectivity index (χ1) is 14.2. The monoisotopic (exact) mass is 392 g/mol. The van der Waals surface area contributed by atoms with Gasteiger partial charge in [-0.25, -0.2) is 0 Å². The van der Waals surface area contributed by atoms with Crippen LogP contribution < -0.4 is 9.47 Å². The van der Waals surface area contributed by atoms with Gasteiger partial charge >= 0.3 is 0 Å². The van der Waals surface area contributed by atoms with Crippen LogP contribution in [0, 0.1) is 0 Å². The number of hydrogen-bond acceptors (Lipinski definition) is 4. The second kappa shape index (κ2) is 8.21. The Morgan fingerprint density at radius 1 is 0.931 bits per heavy atom. The van der Waals surface area contributed by atoms with Crippen molar-refractivity contribution in [1.82, 2.24) is 0 Å². The lowest BCUT2D eigenvalue weighted by atomic mass is 9.83. The Bertz CT molecular complexity index is 851. The molecule has 3 aliphatic rings. The maximum atomic E-state index is 5.80. The fraction of sp³-hybridized carbons (Fsp3) is 0.440. The number of hydrogen-bond donors (Lipinski definition) is 0.